The largest absolute Gasteiger partial charge is 0.456 e. The van der Waals surface area contributed by atoms with Gasteiger partial charge in [0.15, 0.2) is 0 Å². The van der Waals surface area contributed by atoms with E-state index < -0.39 is 84.7 Å². The summed E-state index contributed by atoms with van der Waals surface area (Å²) in [4.78, 5) is 10.9. The van der Waals surface area contributed by atoms with Crippen LogP contribution < -0.4 is 10.1 Å². The van der Waals surface area contributed by atoms with E-state index in [1.807, 2.05) is 0 Å². The van der Waals surface area contributed by atoms with E-state index in [2.05, 4.69) is 5.32 Å². The van der Waals surface area contributed by atoms with Crippen molar-refractivity contribution in [3.63, 3.8) is 0 Å². The van der Waals surface area contributed by atoms with E-state index in [-0.39, 0.29) is 13.1 Å². The van der Waals surface area contributed by atoms with Gasteiger partial charge >= 0.3 is 0 Å². The molecular formula is C17H13Cl2N3O4S. The van der Waals surface area contributed by atoms with Crippen LogP contribution in [0.25, 0.3) is 0 Å². The number of carbonyl (C=O) groups is 1. The molecule has 2 aromatic rings. The third kappa shape index (κ3) is 4.34. The summed E-state index contributed by atoms with van der Waals surface area (Å²) in [6.07, 6.45) is 0. The van der Waals surface area contributed by atoms with Crippen LogP contribution in [-0.2, 0) is 14.8 Å². The molecule has 3 rings (SSSR count). The molecule has 0 aromatic heterocycles. The molecule has 1 heterocycles. The molecule has 0 radical (unpaired) electrons. The van der Waals surface area contributed by atoms with Crippen molar-refractivity contribution >= 4 is 39.1 Å². The monoisotopic (exact) mass is 430 g/mol. The molecule has 0 bridgehead atoms. The summed E-state index contributed by atoms with van der Waals surface area (Å²) in [6, 6.07) is -0.684. The fourth-order valence-corrected chi connectivity index (χ4v) is 4.11. The molecule has 1 aliphatic rings. The van der Waals surface area contributed by atoms with Crippen molar-refractivity contribution in [3.05, 3.63) is 51.9 Å². The van der Waals surface area contributed by atoms with Crippen molar-refractivity contribution in [1.82, 2.24) is 9.62 Å². The zero-order chi connectivity index (χ0) is 24.0. The maximum Gasteiger partial charge on any atom is 0.247 e. The number of halogens is 2. The van der Waals surface area contributed by atoms with E-state index in [1.54, 1.807) is 6.07 Å². The van der Waals surface area contributed by atoms with Crippen LogP contribution in [-0.4, -0.2) is 38.3 Å². The van der Waals surface area contributed by atoms with E-state index in [1.165, 1.54) is 0 Å². The Morgan fingerprint density at radius 1 is 1.26 bits per heavy atom. The van der Waals surface area contributed by atoms with Gasteiger partial charge in [0.05, 0.1) is 25.0 Å². The molecule has 0 atom stereocenters. The summed E-state index contributed by atoms with van der Waals surface area (Å²) in [7, 11) is -4.58. The summed E-state index contributed by atoms with van der Waals surface area (Å²) in [6.45, 7) is -0.631. The van der Waals surface area contributed by atoms with Crippen molar-refractivity contribution in [2.24, 2.45) is 0 Å². The number of carbonyl (C=O) groups excluding carboxylic acids is 1. The van der Waals surface area contributed by atoms with Crippen LogP contribution in [0.2, 0.25) is 10.0 Å². The maximum absolute atomic E-state index is 13.3. The minimum atomic E-state index is -4.58. The average molecular weight is 431 g/mol. The predicted octanol–water partition coefficient (Wildman–Crippen LogP) is 2.78. The summed E-state index contributed by atoms with van der Waals surface area (Å²) in [5, 5.41) is 10.9. The normalized spacial score (nSPS) is 17.7. The molecule has 1 fully saturated rings. The Bertz CT molecular complexity index is 1270. The molecule has 0 aliphatic carbocycles. The van der Waals surface area contributed by atoms with E-state index in [4.69, 9.17) is 34.8 Å². The number of amides is 1. The molecule has 27 heavy (non-hydrogen) atoms. The molecule has 1 amide bonds. The van der Waals surface area contributed by atoms with Crippen molar-refractivity contribution in [3.8, 4) is 17.6 Å². The van der Waals surface area contributed by atoms with Gasteiger partial charge in [0.2, 0.25) is 15.9 Å². The molecule has 1 saturated heterocycles. The van der Waals surface area contributed by atoms with Crippen LogP contribution in [0.1, 0.15) is 12.4 Å². The zero-order valence-electron chi connectivity index (χ0n) is 18.4. The molecule has 0 unspecified atom stereocenters. The quantitative estimate of drug-likeness (QED) is 0.803. The number of nitriles is 1. The number of nitrogens with zero attached hydrogens (tertiary/aromatic N) is 2. The number of piperazine rings is 1. The molecule has 1 N–H and O–H groups in total. The smallest absolute Gasteiger partial charge is 0.247 e. The summed E-state index contributed by atoms with van der Waals surface area (Å²) in [5.74, 6) is -1.80. The van der Waals surface area contributed by atoms with E-state index >= 15 is 0 Å². The van der Waals surface area contributed by atoms with Crippen molar-refractivity contribution in [2.45, 2.75) is 4.90 Å². The molecule has 0 saturated carbocycles. The maximum atomic E-state index is 13.3. The Morgan fingerprint density at radius 3 is 2.59 bits per heavy atom. The lowest BCUT2D eigenvalue weighted by molar-refractivity contribution is -0.122. The highest BCUT2D eigenvalue weighted by molar-refractivity contribution is 7.89. The summed E-state index contributed by atoms with van der Waals surface area (Å²) >= 11 is 11.8. The SMILES string of the molecule is [2H]c1cc(Oc2c([2H])c(Cl)c([2H])c(Cl)c2[2H])c(S(=O)(=O)N2CCNC(=O)C2)c([2H])c1C#N. The molecule has 2 aromatic carbocycles. The van der Waals surface area contributed by atoms with Crippen LogP contribution in [0.4, 0.5) is 0 Å². The molecule has 10 heteroatoms. The van der Waals surface area contributed by atoms with E-state index in [9.17, 15) is 18.5 Å². The first-order valence-electron chi connectivity index (χ1n) is 9.85. The standard InChI is InChI=1S/C17H13Cl2N3O4S/c18-12-6-13(19)8-14(7-12)26-15-2-1-11(9-20)5-16(15)27(24,25)22-4-3-21-17(23)10-22/h1-2,5-8H,3-4,10H2,(H,21,23)/i1D,5D,6D,7D,8D. The number of sulfonamides is 1. The van der Waals surface area contributed by atoms with Gasteiger partial charge in [-0.1, -0.05) is 23.2 Å². The van der Waals surface area contributed by atoms with E-state index in [0.29, 0.717) is 0 Å². The van der Waals surface area contributed by atoms with Crippen molar-refractivity contribution < 1.29 is 24.8 Å². The van der Waals surface area contributed by atoms with Crippen LogP contribution in [0.3, 0.4) is 0 Å². The second-order valence-electron chi connectivity index (χ2n) is 5.22. The van der Waals surface area contributed by atoms with Gasteiger partial charge in [-0.15, -0.1) is 0 Å². The number of rotatable bonds is 4. The number of benzene rings is 2. The Morgan fingerprint density at radius 2 is 1.96 bits per heavy atom. The third-order valence-corrected chi connectivity index (χ3v) is 5.59. The second kappa shape index (κ2) is 7.74. The highest BCUT2D eigenvalue weighted by Gasteiger charge is 2.32. The third-order valence-electron chi connectivity index (χ3n) is 3.40. The minimum Gasteiger partial charge on any atom is -0.456 e. The van der Waals surface area contributed by atoms with Gasteiger partial charge in [0.1, 0.15) is 16.4 Å². The molecular weight excluding hydrogens is 413 g/mol. The lowest BCUT2D eigenvalue weighted by atomic mass is 10.2. The Hall–Kier alpha value is -2.31. The lowest BCUT2D eigenvalue weighted by Crippen LogP contribution is -2.49. The van der Waals surface area contributed by atoms with Gasteiger partial charge in [-0.3, -0.25) is 4.79 Å². The molecule has 7 nitrogen and oxygen atoms in total. The number of nitrogens with one attached hydrogen (secondary N) is 1. The molecule has 1 aliphatic heterocycles. The van der Waals surface area contributed by atoms with Crippen molar-refractivity contribution in [2.75, 3.05) is 19.6 Å². The first-order chi connectivity index (χ1) is 14.9. The van der Waals surface area contributed by atoms with Gasteiger partial charge in [0, 0.05) is 23.1 Å². The molecule has 140 valence electrons. The number of hydrogen-bond donors (Lipinski definition) is 1. The zero-order valence-corrected chi connectivity index (χ0v) is 15.7. The fourth-order valence-electron chi connectivity index (χ4n) is 2.24. The first kappa shape index (κ1) is 13.8. The summed E-state index contributed by atoms with van der Waals surface area (Å²) < 4.78 is 72.9. The van der Waals surface area contributed by atoms with E-state index in [0.717, 1.165) is 10.4 Å². The molecule has 0 spiro atoms. The Balaban J connectivity index is 2.27. The number of hydrogen-bond acceptors (Lipinski definition) is 5. The van der Waals surface area contributed by atoms with Crippen LogP contribution in [0, 0.1) is 11.3 Å². The van der Waals surface area contributed by atoms with Crippen LogP contribution in [0.15, 0.2) is 41.2 Å². The van der Waals surface area contributed by atoms with Gasteiger partial charge < -0.3 is 10.1 Å². The summed E-state index contributed by atoms with van der Waals surface area (Å²) in [5.41, 5.74) is -0.549. The topological polar surface area (TPSA) is 99.5 Å². The van der Waals surface area contributed by atoms with Gasteiger partial charge in [0.25, 0.3) is 0 Å². The highest BCUT2D eigenvalue weighted by atomic mass is 35.5. The number of ether oxygens (including phenoxy) is 1. The highest BCUT2D eigenvalue weighted by Crippen LogP contribution is 2.34. The Kier molecular flexibility index (Phi) is 3.96. The first-order valence-corrected chi connectivity index (χ1v) is 9.55. The average Bonchev–Trinajstić information content (AvgIpc) is 2.73. The minimum absolute atomic E-state index is 0.0210. The Labute approximate surface area is 173 Å². The fraction of sp³-hybridized carbons (Fsp3) is 0.176. The second-order valence-corrected chi connectivity index (χ2v) is 7.85. The van der Waals surface area contributed by atoms with Crippen LogP contribution >= 0.6 is 23.2 Å². The van der Waals surface area contributed by atoms with Crippen molar-refractivity contribution in [1.29, 1.82) is 5.26 Å². The lowest BCUT2D eigenvalue weighted by Gasteiger charge is -2.26. The predicted molar refractivity (Wildman–Crippen MR) is 99.5 cm³/mol. The van der Waals surface area contributed by atoms with Crippen LogP contribution in [0.5, 0.6) is 11.5 Å². The van der Waals surface area contributed by atoms with Gasteiger partial charge in [-0.2, -0.15) is 9.57 Å². The van der Waals surface area contributed by atoms with Gasteiger partial charge in [-0.05, 0) is 36.3 Å². The van der Waals surface area contributed by atoms with Gasteiger partial charge in [-0.25, -0.2) is 8.42 Å².